The number of nitrogens with one attached hydrogen (secondary N) is 1. The van der Waals surface area contributed by atoms with E-state index in [-0.39, 0.29) is 24.2 Å². The first-order valence-electron chi connectivity index (χ1n) is 7.96. The smallest absolute Gasteiger partial charge is 0.229 e. The molecule has 2 rings (SSSR count). The first kappa shape index (κ1) is 17.3. The number of carbonyl (C=O) groups excluding carboxylic acids is 2. The summed E-state index contributed by atoms with van der Waals surface area (Å²) in [5.74, 6) is 0.263. The molecular weight excluding hydrogens is 294 g/mol. The Morgan fingerprint density at radius 2 is 2.13 bits per heavy atom. The SMILES string of the molecule is CCOc1ccccc1NC(=O)C1CC(=O)N(CCN(C)C)C1. The lowest BCUT2D eigenvalue weighted by Gasteiger charge is -2.19. The van der Waals surface area contributed by atoms with Gasteiger partial charge in [0.15, 0.2) is 0 Å². The molecule has 0 spiro atoms. The summed E-state index contributed by atoms with van der Waals surface area (Å²) >= 11 is 0. The number of rotatable bonds is 7. The van der Waals surface area contributed by atoms with Crippen LogP contribution in [-0.4, -0.2) is 62.0 Å². The summed E-state index contributed by atoms with van der Waals surface area (Å²) in [5, 5.41) is 2.89. The highest BCUT2D eigenvalue weighted by Crippen LogP contribution is 2.26. The summed E-state index contributed by atoms with van der Waals surface area (Å²) in [6.45, 7) is 4.37. The predicted molar refractivity (Wildman–Crippen MR) is 89.5 cm³/mol. The molecule has 1 aromatic rings. The molecule has 1 aliphatic rings. The first-order chi connectivity index (χ1) is 11.0. The Balaban J connectivity index is 1.95. The molecule has 0 aromatic heterocycles. The van der Waals surface area contributed by atoms with Gasteiger partial charge in [0.05, 0.1) is 18.2 Å². The van der Waals surface area contributed by atoms with Crippen LogP contribution in [0, 0.1) is 5.92 Å². The van der Waals surface area contributed by atoms with Crippen molar-refractivity contribution in [2.24, 2.45) is 5.92 Å². The minimum Gasteiger partial charge on any atom is -0.492 e. The third kappa shape index (κ3) is 4.69. The molecule has 23 heavy (non-hydrogen) atoms. The number of hydrogen-bond acceptors (Lipinski definition) is 4. The standard InChI is InChI=1S/C17H25N3O3/c1-4-23-15-8-6-5-7-14(15)18-17(22)13-11-16(21)20(12-13)10-9-19(2)3/h5-8,13H,4,9-12H2,1-3H3,(H,18,22). The molecule has 0 radical (unpaired) electrons. The van der Waals surface area contributed by atoms with E-state index in [2.05, 4.69) is 5.32 Å². The zero-order valence-electron chi connectivity index (χ0n) is 14.0. The molecule has 1 unspecified atom stereocenters. The van der Waals surface area contributed by atoms with E-state index >= 15 is 0 Å². The number of benzene rings is 1. The molecule has 1 atom stereocenters. The normalized spacial score (nSPS) is 17.7. The molecular formula is C17H25N3O3. The molecule has 1 N–H and O–H groups in total. The van der Waals surface area contributed by atoms with Crippen LogP contribution >= 0.6 is 0 Å². The summed E-state index contributed by atoms with van der Waals surface area (Å²) in [6, 6.07) is 7.34. The summed E-state index contributed by atoms with van der Waals surface area (Å²) < 4.78 is 5.51. The quantitative estimate of drug-likeness (QED) is 0.826. The van der Waals surface area contributed by atoms with Crippen molar-refractivity contribution < 1.29 is 14.3 Å². The second-order valence-electron chi connectivity index (χ2n) is 5.96. The van der Waals surface area contributed by atoms with E-state index < -0.39 is 0 Å². The number of carbonyl (C=O) groups is 2. The highest BCUT2D eigenvalue weighted by atomic mass is 16.5. The number of hydrogen-bond donors (Lipinski definition) is 1. The van der Waals surface area contributed by atoms with E-state index in [0.29, 0.717) is 31.1 Å². The maximum Gasteiger partial charge on any atom is 0.229 e. The van der Waals surface area contributed by atoms with Gasteiger partial charge in [-0.25, -0.2) is 0 Å². The van der Waals surface area contributed by atoms with E-state index in [1.165, 1.54) is 0 Å². The van der Waals surface area contributed by atoms with Crippen LogP contribution in [0.15, 0.2) is 24.3 Å². The second-order valence-corrected chi connectivity index (χ2v) is 5.96. The van der Waals surface area contributed by atoms with Crippen LogP contribution in [0.2, 0.25) is 0 Å². The summed E-state index contributed by atoms with van der Waals surface area (Å²) in [7, 11) is 3.94. The predicted octanol–water partition coefficient (Wildman–Crippen LogP) is 1.43. The van der Waals surface area contributed by atoms with Crippen LogP contribution in [-0.2, 0) is 9.59 Å². The van der Waals surface area contributed by atoms with Crippen LogP contribution in [0.25, 0.3) is 0 Å². The van der Waals surface area contributed by atoms with Gasteiger partial charge in [-0.3, -0.25) is 9.59 Å². The van der Waals surface area contributed by atoms with Gasteiger partial charge in [0.1, 0.15) is 5.75 Å². The average Bonchev–Trinajstić information content (AvgIpc) is 2.88. The van der Waals surface area contributed by atoms with E-state index in [1.54, 1.807) is 4.90 Å². The fraction of sp³-hybridized carbons (Fsp3) is 0.529. The van der Waals surface area contributed by atoms with Crippen molar-refractivity contribution in [3.8, 4) is 5.75 Å². The summed E-state index contributed by atoms with van der Waals surface area (Å²) in [6.07, 6.45) is 0.274. The number of ether oxygens (including phenoxy) is 1. The summed E-state index contributed by atoms with van der Waals surface area (Å²) in [4.78, 5) is 28.3. The fourth-order valence-corrected chi connectivity index (χ4v) is 2.57. The van der Waals surface area contributed by atoms with Gasteiger partial charge in [0.2, 0.25) is 11.8 Å². The van der Waals surface area contributed by atoms with Crippen molar-refractivity contribution in [3.63, 3.8) is 0 Å². The first-order valence-corrected chi connectivity index (χ1v) is 7.96. The van der Waals surface area contributed by atoms with Gasteiger partial charge in [-0.1, -0.05) is 12.1 Å². The number of likely N-dealkylation sites (N-methyl/N-ethyl adjacent to an activating group) is 1. The molecule has 1 heterocycles. The molecule has 6 nitrogen and oxygen atoms in total. The van der Waals surface area contributed by atoms with Crippen LogP contribution in [0.5, 0.6) is 5.75 Å². The molecule has 0 aliphatic carbocycles. The molecule has 1 saturated heterocycles. The second kappa shape index (κ2) is 7.97. The number of nitrogens with zero attached hydrogens (tertiary/aromatic N) is 2. The minimum atomic E-state index is -0.306. The third-order valence-corrected chi connectivity index (χ3v) is 3.85. The number of anilines is 1. The lowest BCUT2D eigenvalue weighted by atomic mass is 10.1. The maximum absolute atomic E-state index is 12.4. The van der Waals surface area contributed by atoms with Gasteiger partial charge < -0.3 is 19.9 Å². The minimum absolute atomic E-state index is 0.0464. The molecule has 1 aromatic carbocycles. The van der Waals surface area contributed by atoms with Gasteiger partial charge in [-0.05, 0) is 33.2 Å². The zero-order valence-corrected chi connectivity index (χ0v) is 14.0. The number of amides is 2. The molecule has 126 valence electrons. The van der Waals surface area contributed by atoms with Gasteiger partial charge >= 0.3 is 0 Å². The Bertz CT molecular complexity index is 560. The van der Waals surface area contributed by atoms with E-state index in [9.17, 15) is 9.59 Å². The van der Waals surface area contributed by atoms with Crippen molar-refractivity contribution in [1.82, 2.24) is 9.80 Å². The highest BCUT2D eigenvalue weighted by molar-refractivity contribution is 5.98. The van der Waals surface area contributed by atoms with Gasteiger partial charge in [-0.15, -0.1) is 0 Å². The van der Waals surface area contributed by atoms with Crippen molar-refractivity contribution >= 4 is 17.5 Å². The number of para-hydroxylation sites is 2. The Morgan fingerprint density at radius 1 is 1.39 bits per heavy atom. The van der Waals surface area contributed by atoms with Crippen molar-refractivity contribution in [2.75, 3.05) is 45.7 Å². The average molecular weight is 319 g/mol. The molecule has 1 aliphatic heterocycles. The molecule has 2 amide bonds. The Labute approximate surface area is 137 Å². The van der Waals surface area contributed by atoms with Crippen LogP contribution < -0.4 is 10.1 Å². The Morgan fingerprint density at radius 3 is 2.83 bits per heavy atom. The molecule has 6 heteroatoms. The fourth-order valence-electron chi connectivity index (χ4n) is 2.57. The highest BCUT2D eigenvalue weighted by Gasteiger charge is 2.34. The van der Waals surface area contributed by atoms with Crippen LogP contribution in [0.3, 0.4) is 0 Å². The van der Waals surface area contributed by atoms with E-state index in [4.69, 9.17) is 4.74 Å². The topological polar surface area (TPSA) is 61.9 Å². The monoisotopic (exact) mass is 319 g/mol. The third-order valence-electron chi connectivity index (χ3n) is 3.85. The van der Waals surface area contributed by atoms with E-state index in [0.717, 1.165) is 6.54 Å². The Hall–Kier alpha value is -2.08. The molecule has 1 fully saturated rings. The van der Waals surface area contributed by atoms with Crippen molar-refractivity contribution in [1.29, 1.82) is 0 Å². The zero-order chi connectivity index (χ0) is 16.8. The van der Waals surface area contributed by atoms with Crippen LogP contribution in [0.1, 0.15) is 13.3 Å². The van der Waals surface area contributed by atoms with Crippen molar-refractivity contribution in [3.05, 3.63) is 24.3 Å². The lowest BCUT2D eigenvalue weighted by Crippen LogP contribution is -2.34. The summed E-state index contributed by atoms with van der Waals surface area (Å²) in [5.41, 5.74) is 0.651. The molecule has 0 bridgehead atoms. The van der Waals surface area contributed by atoms with Gasteiger partial charge in [0, 0.05) is 26.1 Å². The largest absolute Gasteiger partial charge is 0.492 e. The van der Waals surface area contributed by atoms with E-state index in [1.807, 2.05) is 50.2 Å². The number of likely N-dealkylation sites (tertiary alicyclic amines) is 1. The Kier molecular flexibility index (Phi) is 5.98. The van der Waals surface area contributed by atoms with Gasteiger partial charge in [0.25, 0.3) is 0 Å². The molecule has 0 saturated carbocycles. The van der Waals surface area contributed by atoms with Gasteiger partial charge in [-0.2, -0.15) is 0 Å². The lowest BCUT2D eigenvalue weighted by molar-refractivity contribution is -0.128. The van der Waals surface area contributed by atoms with Crippen LogP contribution in [0.4, 0.5) is 5.69 Å². The maximum atomic E-state index is 12.4. The van der Waals surface area contributed by atoms with Crippen molar-refractivity contribution in [2.45, 2.75) is 13.3 Å².